The summed E-state index contributed by atoms with van der Waals surface area (Å²) in [6.07, 6.45) is 1.12. The topological polar surface area (TPSA) is 104 Å². The highest BCUT2D eigenvalue weighted by Crippen LogP contribution is 2.22. The Bertz CT molecular complexity index is 760. The van der Waals surface area contributed by atoms with Gasteiger partial charge in [0.15, 0.2) is 0 Å². The molecule has 2 aromatic rings. The molecular weight excluding hydrogens is 334 g/mol. The molecule has 3 N–H and O–H groups in total. The number of amides is 1. The lowest BCUT2D eigenvalue weighted by molar-refractivity contribution is -0.384. The highest BCUT2D eigenvalue weighted by atomic mass is 16.6. The third-order valence-electron chi connectivity index (χ3n) is 4.32. The van der Waals surface area contributed by atoms with Gasteiger partial charge in [0.1, 0.15) is 6.04 Å². The maximum Gasteiger partial charge on any atom is 0.269 e. The molecule has 1 aliphatic rings. The van der Waals surface area contributed by atoms with Gasteiger partial charge in [-0.05, 0) is 36.1 Å². The molecule has 136 valence electrons. The number of non-ortho nitro benzene ring substituents is 1. The number of nitrogens with one attached hydrogen (secondary N) is 2. The van der Waals surface area contributed by atoms with E-state index in [2.05, 4.69) is 10.6 Å². The molecule has 3 rings (SSSR count). The summed E-state index contributed by atoms with van der Waals surface area (Å²) < 4.78 is 0. The Morgan fingerprint density at radius 1 is 1.12 bits per heavy atom. The first-order valence-corrected chi connectivity index (χ1v) is 8.55. The molecule has 2 aromatic carbocycles. The van der Waals surface area contributed by atoms with Gasteiger partial charge in [0.25, 0.3) is 5.69 Å². The van der Waals surface area contributed by atoms with Gasteiger partial charge in [0.2, 0.25) is 5.91 Å². The summed E-state index contributed by atoms with van der Waals surface area (Å²) >= 11 is 0. The van der Waals surface area contributed by atoms with E-state index >= 15 is 0 Å². The molecule has 0 bridgehead atoms. The molecule has 0 spiro atoms. The molecule has 7 heteroatoms. The van der Waals surface area contributed by atoms with Crippen LogP contribution in [0, 0.1) is 10.1 Å². The molecule has 1 saturated carbocycles. The van der Waals surface area contributed by atoms with Crippen LogP contribution in [0.25, 0.3) is 0 Å². The van der Waals surface area contributed by atoms with Crippen molar-refractivity contribution in [3.05, 3.63) is 75.8 Å². The van der Waals surface area contributed by atoms with E-state index in [4.69, 9.17) is 0 Å². The van der Waals surface area contributed by atoms with Crippen LogP contribution in [0.2, 0.25) is 0 Å². The summed E-state index contributed by atoms with van der Waals surface area (Å²) in [4.78, 5) is 22.8. The summed E-state index contributed by atoms with van der Waals surface area (Å²) in [7, 11) is 0. The number of aliphatic hydroxyl groups excluding tert-OH is 1. The van der Waals surface area contributed by atoms with Gasteiger partial charge in [-0.25, -0.2) is 0 Å². The van der Waals surface area contributed by atoms with Crippen molar-refractivity contribution in [2.75, 3.05) is 6.54 Å². The van der Waals surface area contributed by atoms with Gasteiger partial charge in [0, 0.05) is 24.7 Å². The number of aliphatic hydroxyl groups is 1. The van der Waals surface area contributed by atoms with Gasteiger partial charge in [-0.3, -0.25) is 20.2 Å². The van der Waals surface area contributed by atoms with E-state index in [0.29, 0.717) is 5.56 Å². The first-order chi connectivity index (χ1) is 12.5. The van der Waals surface area contributed by atoms with Crippen LogP contribution in [0.3, 0.4) is 0 Å². The molecule has 0 aliphatic heterocycles. The fourth-order valence-corrected chi connectivity index (χ4v) is 2.69. The smallest absolute Gasteiger partial charge is 0.269 e. The lowest BCUT2D eigenvalue weighted by Gasteiger charge is -2.21. The molecule has 26 heavy (non-hydrogen) atoms. The maximum atomic E-state index is 12.5. The van der Waals surface area contributed by atoms with Crippen molar-refractivity contribution < 1.29 is 14.8 Å². The number of benzene rings is 2. The molecule has 0 radical (unpaired) electrons. The standard InChI is InChI=1S/C19H21N3O4/c23-17(13-6-10-16(11-7-13)22(25)26)12-20-18(14-4-2-1-3-5-14)19(24)21-15-8-9-15/h1-7,10-11,15,17-18,20,23H,8-9,12H2,(H,21,24)/t17-,18+/m0/s1. The van der Waals surface area contributed by atoms with Gasteiger partial charge in [-0.15, -0.1) is 0 Å². The fourth-order valence-electron chi connectivity index (χ4n) is 2.69. The number of hydrogen-bond donors (Lipinski definition) is 3. The van der Waals surface area contributed by atoms with E-state index in [0.717, 1.165) is 18.4 Å². The number of hydrogen-bond acceptors (Lipinski definition) is 5. The summed E-state index contributed by atoms with van der Waals surface area (Å²) in [6.45, 7) is 0.148. The van der Waals surface area contributed by atoms with E-state index in [-0.39, 0.29) is 24.2 Å². The second-order valence-corrected chi connectivity index (χ2v) is 6.40. The predicted molar refractivity (Wildman–Crippen MR) is 96.4 cm³/mol. The molecule has 0 saturated heterocycles. The van der Waals surface area contributed by atoms with Crippen LogP contribution >= 0.6 is 0 Å². The van der Waals surface area contributed by atoms with Crippen molar-refractivity contribution >= 4 is 11.6 Å². The summed E-state index contributed by atoms with van der Waals surface area (Å²) in [5, 5.41) is 27.2. The molecule has 1 amide bonds. The number of rotatable bonds is 8. The maximum absolute atomic E-state index is 12.5. The van der Waals surface area contributed by atoms with E-state index in [9.17, 15) is 20.0 Å². The number of carbonyl (C=O) groups is 1. The van der Waals surface area contributed by atoms with Crippen molar-refractivity contribution in [3.8, 4) is 0 Å². The normalized spacial score (nSPS) is 15.9. The van der Waals surface area contributed by atoms with E-state index in [1.54, 1.807) is 0 Å². The molecular formula is C19H21N3O4. The number of nitro groups is 1. The summed E-state index contributed by atoms with van der Waals surface area (Å²) in [6, 6.07) is 14.8. The van der Waals surface area contributed by atoms with Crippen molar-refractivity contribution in [2.45, 2.75) is 31.0 Å². The third kappa shape index (κ3) is 4.65. The van der Waals surface area contributed by atoms with Gasteiger partial charge >= 0.3 is 0 Å². The summed E-state index contributed by atoms with van der Waals surface area (Å²) in [5.74, 6) is -0.116. The molecule has 0 aromatic heterocycles. The molecule has 2 atom stereocenters. The van der Waals surface area contributed by atoms with Crippen molar-refractivity contribution in [1.29, 1.82) is 0 Å². The fraction of sp³-hybridized carbons (Fsp3) is 0.316. The largest absolute Gasteiger partial charge is 0.387 e. The lowest BCUT2D eigenvalue weighted by atomic mass is 10.0. The number of nitrogens with zero attached hydrogens (tertiary/aromatic N) is 1. The zero-order chi connectivity index (χ0) is 18.5. The predicted octanol–water partition coefficient (Wildman–Crippen LogP) is 2.24. The Morgan fingerprint density at radius 2 is 1.77 bits per heavy atom. The second-order valence-electron chi connectivity index (χ2n) is 6.40. The minimum atomic E-state index is -0.879. The Hall–Kier alpha value is -2.77. The van der Waals surface area contributed by atoms with Crippen molar-refractivity contribution in [1.82, 2.24) is 10.6 Å². The zero-order valence-corrected chi connectivity index (χ0v) is 14.2. The average Bonchev–Trinajstić information content (AvgIpc) is 3.46. The SMILES string of the molecule is O=C(NC1CC1)[C@H](NC[C@H](O)c1ccc([N+](=O)[O-])cc1)c1ccccc1. The first kappa shape index (κ1) is 18.0. The molecule has 0 heterocycles. The van der Waals surface area contributed by atoms with Crippen molar-refractivity contribution in [3.63, 3.8) is 0 Å². The van der Waals surface area contributed by atoms with Crippen LogP contribution in [-0.4, -0.2) is 28.5 Å². The van der Waals surface area contributed by atoms with Crippen molar-refractivity contribution in [2.24, 2.45) is 0 Å². The van der Waals surface area contributed by atoms with E-state index in [1.165, 1.54) is 24.3 Å². The Morgan fingerprint density at radius 3 is 2.35 bits per heavy atom. The molecule has 1 fully saturated rings. The Labute approximate surface area is 151 Å². The van der Waals surface area contributed by atoms with Gasteiger partial charge in [-0.1, -0.05) is 30.3 Å². The minimum absolute atomic E-state index is 0.0279. The molecule has 7 nitrogen and oxygen atoms in total. The first-order valence-electron chi connectivity index (χ1n) is 8.55. The van der Waals surface area contributed by atoms with Gasteiger partial charge < -0.3 is 10.4 Å². The van der Waals surface area contributed by atoms with Crippen LogP contribution in [0.1, 0.15) is 36.1 Å². The van der Waals surface area contributed by atoms with Crippen LogP contribution in [0.5, 0.6) is 0 Å². The molecule has 0 unspecified atom stereocenters. The lowest BCUT2D eigenvalue weighted by Crippen LogP contribution is -2.40. The quantitative estimate of drug-likeness (QED) is 0.497. The number of nitro benzene ring substituents is 1. The third-order valence-corrected chi connectivity index (χ3v) is 4.32. The zero-order valence-electron chi connectivity index (χ0n) is 14.2. The van der Waals surface area contributed by atoms with Gasteiger partial charge in [-0.2, -0.15) is 0 Å². The monoisotopic (exact) mass is 355 g/mol. The van der Waals surface area contributed by atoms with Gasteiger partial charge in [0.05, 0.1) is 11.0 Å². The second kappa shape index (κ2) is 8.07. The number of carbonyl (C=O) groups excluding carboxylic acids is 1. The summed E-state index contributed by atoms with van der Waals surface area (Å²) in [5.41, 5.74) is 1.35. The van der Waals surface area contributed by atoms with Crippen LogP contribution in [0.4, 0.5) is 5.69 Å². The van der Waals surface area contributed by atoms with Crippen LogP contribution < -0.4 is 10.6 Å². The van der Waals surface area contributed by atoms with E-state index < -0.39 is 17.1 Å². The van der Waals surface area contributed by atoms with E-state index in [1.807, 2.05) is 30.3 Å². The minimum Gasteiger partial charge on any atom is -0.387 e. The Kier molecular flexibility index (Phi) is 5.60. The Balaban J connectivity index is 1.66. The highest BCUT2D eigenvalue weighted by Gasteiger charge is 2.28. The molecule has 1 aliphatic carbocycles. The van der Waals surface area contributed by atoms with Crippen LogP contribution in [-0.2, 0) is 4.79 Å². The highest BCUT2D eigenvalue weighted by molar-refractivity contribution is 5.83. The average molecular weight is 355 g/mol. The van der Waals surface area contributed by atoms with Crippen LogP contribution in [0.15, 0.2) is 54.6 Å².